The number of hydrogen-bond donors (Lipinski definition) is 4. The van der Waals surface area contributed by atoms with E-state index < -0.39 is 23.0 Å². The van der Waals surface area contributed by atoms with E-state index in [0.29, 0.717) is 39.5 Å². The Morgan fingerprint density at radius 1 is 0.679 bits per heavy atom. The van der Waals surface area contributed by atoms with Gasteiger partial charge in [0.05, 0.1) is 26.4 Å². The van der Waals surface area contributed by atoms with Crippen molar-refractivity contribution in [2.45, 2.75) is 79.3 Å². The monoisotopic (exact) mass is 408 g/mol. The fourth-order valence-corrected chi connectivity index (χ4v) is 1.34. The summed E-state index contributed by atoms with van der Waals surface area (Å²) in [5.74, 6) is -1.82. The summed E-state index contributed by atoms with van der Waals surface area (Å²) in [6.45, 7) is 17.3. The molecule has 0 unspecified atom stereocenters. The largest absolute Gasteiger partial charge is 0.480 e. The highest BCUT2D eigenvalue weighted by Crippen LogP contribution is 2.01. The molecule has 0 aromatic heterocycles. The average molecular weight is 409 g/mol. The van der Waals surface area contributed by atoms with Crippen LogP contribution in [-0.4, -0.2) is 72.7 Å². The first-order valence-electron chi connectivity index (χ1n) is 10.0. The quantitative estimate of drug-likeness (QED) is 0.344. The molecule has 8 nitrogen and oxygen atoms in total. The molecule has 0 atom stereocenters. The molecule has 0 aliphatic heterocycles. The summed E-state index contributed by atoms with van der Waals surface area (Å²) in [5.41, 5.74) is -1.94. The topological polar surface area (TPSA) is 117 Å². The van der Waals surface area contributed by atoms with E-state index in [9.17, 15) is 9.59 Å². The van der Waals surface area contributed by atoms with Crippen LogP contribution in [-0.2, 0) is 19.1 Å². The Labute approximate surface area is 171 Å². The van der Waals surface area contributed by atoms with Crippen molar-refractivity contribution in [2.24, 2.45) is 0 Å². The highest BCUT2D eigenvalue weighted by Gasteiger charge is 2.26. The SMILES string of the molecule is CC(C)(NCCOCCOCCNC(C)(C)C(=O)O)C(=O)O.CCC.CCC. The van der Waals surface area contributed by atoms with E-state index in [0.717, 1.165) is 0 Å². The summed E-state index contributed by atoms with van der Waals surface area (Å²) in [6.07, 6.45) is 2.50. The van der Waals surface area contributed by atoms with E-state index in [4.69, 9.17) is 19.7 Å². The molecule has 0 aromatic carbocycles. The van der Waals surface area contributed by atoms with Crippen molar-refractivity contribution in [3.8, 4) is 0 Å². The molecule has 0 fully saturated rings. The highest BCUT2D eigenvalue weighted by molar-refractivity contribution is 5.77. The van der Waals surface area contributed by atoms with Crippen molar-refractivity contribution in [1.82, 2.24) is 10.6 Å². The molecule has 4 N–H and O–H groups in total. The van der Waals surface area contributed by atoms with E-state index in [1.165, 1.54) is 12.8 Å². The summed E-state index contributed by atoms with van der Waals surface area (Å²) >= 11 is 0. The minimum atomic E-state index is -0.970. The number of aliphatic carboxylic acids is 2. The number of carbonyl (C=O) groups is 2. The van der Waals surface area contributed by atoms with Crippen molar-refractivity contribution >= 4 is 11.9 Å². The summed E-state index contributed by atoms with van der Waals surface area (Å²) in [7, 11) is 0. The van der Waals surface area contributed by atoms with Crippen LogP contribution in [0.2, 0.25) is 0 Å². The third-order valence-electron chi connectivity index (χ3n) is 3.07. The highest BCUT2D eigenvalue weighted by atomic mass is 16.5. The maximum Gasteiger partial charge on any atom is 0.323 e. The zero-order valence-electron chi connectivity index (χ0n) is 19.2. The zero-order chi connectivity index (χ0) is 22.6. The number of ether oxygens (including phenoxy) is 2. The van der Waals surface area contributed by atoms with Gasteiger partial charge < -0.3 is 30.3 Å². The lowest BCUT2D eigenvalue weighted by Crippen LogP contribution is -2.48. The summed E-state index contributed by atoms with van der Waals surface area (Å²) in [6, 6.07) is 0. The second-order valence-electron chi connectivity index (χ2n) is 7.35. The number of rotatable bonds is 13. The zero-order valence-corrected chi connectivity index (χ0v) is 19.2. The Bertz CT molecular complexity index is 351. The first-order chi connectivity index (χ1) is 12.9. The van der Waals surface area contributed by atoms with Gasteiger partial charge in [-0.15, -0.1) is 0 Å². The van der Waals surface area contributed by atoms with Gasteiger partial charge in [-0.3, -0.25) is 9.59 Å². The first kappa shape index (κ1) is 31.5. The van der Waals surface area contributed by atoms with Gasteiger partial charge in [0.15, 0.2) is 0 Å². The standard InChI is InChI=1S/C14H28N2O6.2C3H8/c1-13(2,11(17)18)15-5-7-21-9-10-22-8-6-16-14(3,4)12(19)20;2*1-3-2/h15-16H,5-10H2,1-4H3,(H,17,18)(H,19,20);2*3H2,1-2H3. The number of carboxylic acids is 2. The van der Waals surface area contributed by atoms with Crippen molar-refractivity contribution < 1.29 is 29.3 Å². The van der Waals surface area contributed by atoms with Crippen molar-refractivity contribution in [3.05, 3.63) is 0 Å². The molecule has 8 heteroatoms. The number of carboxylic acid groups (broad SMARTS) is 2. The molecule has 0 amide bonds. The van der Waals surface area contributed by atoms with Crippen LogP contribution in [0.5, 0.6) is 0 Å². The fraction of sp³-hybridized carbons (Fsp3) is 0.900. The number of hydrogen-bond acceptors (Lipinski definition) is 6. The Hall–Kier alpha value is -1.22. The van der Waals surface area contributed by atoms with Crippen LogP contribution >= 0.6 is 0 Å². The lowest BCUT2D eigenvalue weighted by atomic mass is 10.1. The second-order valence-corrected chi connectivity index (χ2v) is 7.35. The van der Waals surface area contributed by atoms with E-state index >= 15 is 0 Å². The molecule has 0 saturated heterocycles. The molecule has 170 valence electrons. The van der Waals surface area contributed by atoms with Crippen molar-refractivity contribution in [3.63, 3.8) is 0 Å². The van der Waals surface area contributed by atoms with E-state index in [1.807, 2.05) is 0 Å². The normalized spacial score (nSPS) is 11.0. The van der Waals surface area contributed by atoms with Crippen LogP contribution < -0.4 is 10.6 Å². The van der Waals surface area contributed by atoms with E-state index in [2.05, 4.69) is 38.3 Å². The fourth-order valence-electron chi connectivity index (χ4n) is 1.34. The molecular weight excluding hydrogens is 364 g/mol. The van der Waals surface area contributed by atoms with Gasteiger partial charge in [0.1, 0.15) is 11.1 Å². The van der Waals surface area contributed by atoms with Gasteiger partial charge in [-0.25, -0.2) is 0 Å². The Balaban J connectivity index is -0.000000915. The van der Waals surface area contributed by atoms with Gasteiger partial charge in [-0.2, -0.15) is 0 Å². The first-order valence-corrected chi connectivity index (χ1v) is 10.0. The predicted octanol–water partition coefficient (Wildman–Crippen LogP) is 2.76. The smallest absolute Gasteiger partial charge is 0.323 e. The van der Waals surface area contributed by atoms with Gasteiger partial charge in [-0.1, -0.05) is 40.5 Å². The molecule has 0 saturated carbocycles. The minimum Gasteiger partial charge on any atom is -0.480 e. The van der Waals surface area contributed by atoms with Crippen LogP contribution in [0.25, 0.3) is 0 Å². The van der Waals surface area contributed by atoms with Gasteiger partial charge in [0, 0.05) is 13.1 Å². The molecule has 0 bridgehead atoms. The molecule has 0 rings (SSSR count). The molecule has 0 radical (unpaired) electrons. The third kappa shape index (κ3) is 21.1. The Kier molecular flexibility index (Phi) is 21.5. The van der Waals surface area contributed by atoms with Crippen LogP contribution in [0.4, 0.5) is 0 Å². The summed E-state index contributed by atoms with van der Waals surface area (Å²) in [4.78, 5) is 21.7. The van der Waals surface area contributed by atoms with Crippen molar-refractivity contribution in [2.75, 3.05) is 39.5 Å². The molecule has 0 aliphatic rings. The Morgan fingerprint density at radius 3 is 1.14 bits per heavy atom. The maximum atomic E-state index is 10.8. The molecule has 28 heavy (non-hydrogen) atoms. The van der Waals surface area contributed by atoms with Crippen LogP contribution in [0.3, 0.4) is 0 Å². The van der Waals surface area contributed by atoms with Gasteiger partial charge >= 0.3 is 11.9 Å². The van der Waals surface area contributed by atoms with Crippen LogP contribution in [0.1, 0.15) is 68.2 Å². The summed E-state index contributed by atoms with van der Waals surface area (Å²) in [5, 5.41) is 23.5. The average Bonchev–Trinajstić information content (AvgIpc) is 2.57. The molecule has 0 aliphatic carbocycles. The predicted molar refractivity (Wildman–Crippen MR) is 113 cm³/mol. The lowest BCUT2D eigenvalue weighted by molar-refractivity contribution is -0.144. The van der Waals surface area contributed by atoms with E-state index in [1.54, 1.807) is 27.7 Å². The number of nitrogens with one attached hydrogen (secondary N) is 2. The summed E-state index contributed by atoms with van der Waals surface area (Å²) < 4.78 is 10.6. The van der Waals surface area contributed by atoms with E-state index in [-0.39, 0.29) is 0 Å². The maximum absolute atomic E-state index is 10.8. The second kappa shape index (κ2) is 19.1. The molecule has 0 spiro atoms. The van der Waals surface area contributed by atoms with Gasteiger partial charge in [-0.05, 0) is 27.7 Å². The van der Waals surface area contributed by atoms with Crippen LogP contribution in [0, 0.1) is 0 Å². The van der Waals surface area contributed by atoms with Crippen LogP contribution in [0.15, 0.2) is 0 Å². The van der Waals surface area contributed by atoms with Crippen molar-refractivity contribution in [1.29, 1.82) is 0 Å². The molecule has 0 aromatic rings. The van der Waals surface area contributed by atoms with Gasteiger partial charge in [0.2, 0.25) is 0 Å². The Morgan fingerprint density at radius 2 is 0.929 bits per heavy atom. The third-order valence-corrected chi connectivity index (χ3v) is 3.07. The molecule has 0 heterocycles. The minimum absolute atomic E-state index is 0.393. The lowest BCUT2D eigenvalue weighted by Gasteiger charge is -2.21. The molecular formula is C20H44N2O6. The van der Waals surface area contributed by atoms with Gasteiger partial charge in [0.25, 0.3) is 0 Å².